The summed E-state index contributed by atoms with van der Waals surface area (Å²) in [5, 5.41) is 4.60. The third-order valence-corrected chi connectivity index (χ3v) is 4.88. The van der Waals surface area contributed by atoms with Gasteiger partial charge in [0.05, 0.1) is 6.04 Å². The molecule has 1 unspecified atom stereocenters. The summed E-state index contributed by atoms with van der Waals surface area (Å²) >= 11 is 2.02. The number of thioether (sulfide) groups is 1. The first-order valence-corrected chi connectivity index (χ1v) is 7.75. The third-order valence-electron chi connectivity index (χ3n) is 3.74. The van der Waals surface area contributed by atoms with E-state index in [1.807, 2.05) is 24.2 Å². The van der Waals surface area contributed by atoms with Gasteiger partial charge in [-0.15, -0.1) is 0 Å². The van der Waals surface area contributed by atoms with Crippen molar-refractivity contribution in [2.24, 2.45) is 7.05 Å². The zero-order valence-electron chi connectivity index (χ0n) is 11.0. The highest BCUT2D eigenvalue weighted by Gasteiger charge is 2.22. The Morgan fingerprint density at radius 3 is 2.65 bits per heavy atom. The Labute approximate surface area is 108 Å². The Morgan fingerprint density at radius 1 is 1.41 bits per heavy atom. The maximum atomic E-state index is 4.41. The largest absolute Gasteiger partial charge is 0.337 e. The van der Waals surface area contributed by atoms with E-state index in [9.17, 15) is 0 Å². The number of nitrogens with one attached hydrogen (secondary N) is 1. The molecule has 4 heteroatoms. The van der Waals surface area contributed by atoms with Gasteiger partial charge < -0.3 is 9.88 Å². The molecule has 1 fully saturated rings. The van der Waals surface area contributed by atoms with Crippen LogP contribution in [-0.4, -0.2) is 27.1 Å². The third kappa shape index (κ3) is 3.26. The van der Waals surface area contributed by atoms with Gasteiger partial charge in [0, 0.05) is 30.7 Å². The average Bonchev–Trinajstić information content (AvgIpc) is 2.76. The summed E-state index contributed by atoms with van der Waals surface area (Å²) in [6.07, 6.45) is 11.4. The van der Waals surface area contributed by atoms with E-state index in [1.165, 1.54) is 25.7 Å². The smallest absolute Gasteiger partial charge is 0.125 e. The zero-order chi connectivity index (χ0) is 12.3. The van der Waals surface area contributed by atoms with Crippen molar-refractivity contribution in [3.63, 3.8) is 0 Å². The van der Waals surface area contributed by atoms with Crippen LogP contribution in [0.15, 0.2) is 12.4 Å². The highest BCUT2D eigenvalue weighted by Crippen LogP contribution is 2.28. The van der Waals surface area contributed by atoms with E-state index in [0.717, 1.165) is 11.1 Å². The van der Waals surface area contributed by atoms with Crippen LogP contribution in [0.5, 0.6) is 0 Å². The number of rotatable bonds is 4. The summed E-state index contributed by atoms with van der Waals surface area (Å²) < 4.78 is 2.10. The lowest BCUT2D eigenvalue weighted by molar-refractivity contribution is 0.344. The van der Waals surface area contributed by atoms with E-state index in [0.29, 0.717) is 12.1 Å². The first-order valence-electron chi connectivity index (χ1n) is 6.46. The molecule has 1 aliphatic rings. The highest BCUT2D eigenvalue weighted by atomic mass is 32.2. The van der Waals surface area contributed by atoms with Gasteiger partial charge in [-0.25, -0.2) is 4.98 Å². The van der Waals surface area contributed by atoms with Gasteiger partial charge in [0.15, 0.2) is 0 Å². The van der Waals surface area contributed by atoms with Gasteiger partial charge in [0.2, 0.25) is 0 Å². The standard InChI is InChI=1S/C13H23N3S/c1-10(13-14-8-9-16(13)2)15-11-4-6-12(17-3)7-5-11/h8-12,15H,4-7H2,1-3H3. The molecule has 0 radical (unpaired) electrons. The van der Waals surface area contributed by atoms with Crippen LogP contribution < -0.4 is 5.32 Å². The lowest BCUT2D eigenvalue weighted by Gasteiger charge is -2.30. The first-order chi connectivity index (χ1) is 8.20. The minimum Gasteiger partial charge on any atom is -0.337 e. The minimum absolute atomic E-state index is 0.353. The van der Waals surface area contributed by atoms with Gasteiger partial charge in [-0.3, -0.25) is 0 Å². The molecule has 1 N–H and O–H groups in total. The second-order valence-corrected chi connectivity index (χ2v) is 6.13. The van der Waals surface area contributed by atoms with E-state index in [2.05, 4.69) is 35.1 Å². The number of nitrogens with zero attached hydrogens (tertiary/aromatic N) is 2. The fourth-order valence-electron chi connectivity index (χ4n) is 2.69. The van der Waals surface area contributed by atoms with Crippen LogP contribution in [0, 0.1) is 0 Å². The Bertz CT molecular complexity index is 342. The molecule has 1 heterocycles. The molecular weight excluding hydrogens is 230 g/mol. The molecule has 0 spiro atoms. The summed E-state index contributed by atoms with van der Waals surface area (Å²) in [7, 11) is 2.06. The van der Waals surface area contributed by atoms with Gasteiger partial charge in [-0.05, 0) is 38.9 Å². The van der Waals surface area contributed by atoms with Crippen LogP contribution in [0.3, 0.4) is 0 Å². The van der Waals surface area contributed by atoms with E-state index >= 15 is 0 Å². The summed E-state index contributed by atoms with van der Waals surface area (Å²) in [6.45, 7) is 2.21. The van der Waals surface area contributed by atoms with Crippen molar-refractivity contribution < 1.29 is 0 Å². The fourth-order valence-corrected chi connectivity index (χ4v) is 3.43. The number of aryl methyl sites for hydroxylation is 1. The molecule has 3 nitrogen and oxygen atoms in total. The van der Waals surface area contributed by atoms with E-state index in [1.54, 1.807) is 0 Å². The van der Waals surface area contributed by atoms with Crippen molar-refractivity contribution in [2.75, 3.05) is 6.26 Å². The zero-order valence-corrected chi connectivity index (χ0v) is 11.8. The topological polar surface area (TPSA) is 29.9 Å². The molecule has 0 aromatic carbocycles. The lowest BCUT2D eigenvalue weighted by Crippen LogP contribution is -2.36. The van der Waals surface area contributed by atoms with Crippen molar-refractivity contribution in [2.45, 2.75) is 49.9 Å². The Morgan fingerprint density at radius 2 is 2.12 bits per heavy atom. The van der Waals surface area contributed by atoms with Crippen molar-refractivity contribution in [1.82, 2.24) is 14.9 Å². The van der Waals surface area contributed by atoms with Crippen molar-refractivity contribution in [1.29, 1.82) is 0 Å². The quantitative estimate of drug-likeness (QED) is 0.895. The molecule has 0 amide bonds. The summed E-state index contributed by atoms with van der Waals surface area (Å²) in [5.41, 5.74) is 0. The monoisotopic (exact) mass is 253 g/mol. The highest BCUT2D eigenvalue weighted by molar-refractivity contribution is 7.99. The van der Waals surface area contributed by atoms with Crippen LogP contribution in [-0.2, 0) is 7.05 Å². The number of imidazole rings is 1. The van der Waals surface area contributed by atoms with Crippen molar-refractivity contribution in [3.8, 4) is 0 Å². The van der Waals surface area contributed by atoms with Crippen LogP contribution in [0.2, 0.25) is 0 Å². The molecule has 2 rings (SSSR count). The number of aromatic nitrogens is 2. The molecule has 0 aliphatic heterocycles. The second-order valence-electron chi connectivity index (χ2n) is 4.99. The van der Waals surface area contributed by atoms with Gasteiger partial charge >= 0.3 is 0 Å². The lowest BCUT2D eigenvalue weighted by atomic mass is 9.94. The van der Waals surface area contributed by atoms with E-state index in [-0.39, 0.29) is 0 Å². The molecular formula is C13H23N3S. The van der Waals surface area contributed by atoms with E-state index < -0.39 is 0 Å². The number of hydrogen-bond donors (Lipinski definition) is 1. The Kier molecular flexibility index (Phi) is 4.51. The molecule has 96 valence electrons. The second kappa shape index (κ2) is 5.91. The Balaban J connectivity index is 1.84. The molecule has 1 aromatic rings. The molecule has 1 aromatic heterocycles. The maximum Gasteiger partial charge on any atom is 0.125 e. The summed E-state index contributed by atoms with van der Waals surface area (Å²) in [6, 6.07) is 1.02. The fraction of sp³-hybridized carbons (Fsp3) is 0.769. The summed E-state index contributed by atoms with van der Waals surface area (Å²) in [4.78, 5) is 4.41. The van der Waals surface area contributed by atoms with Gasteiger partial charge in [-0.2, -0.15) is 11.8 Å². The first kappa shape index (κ1) is 13.0. The molecule has 0 bridgehead atoms. The van der Waals surface area contributed by atoms with Crippen LogP contribution in [0.4, 0.5) is 0 Å². The maximum absolute atomic E-state index is 4.41. The minimum atomic E-state index is 0.353. The van der Waals surface area contributed by atoms with Crippen LogP contribution in [0.25, 0.3) is 0 Å². The summed E-state index contributed by atoms with van der Waals surface area (Å²) in [5.74, 6) is 1.14. The van der Waals surface area contributed by atoms with Crippen molar-refractivity contribution in [3.05, 3.63) is 18.2 Å². The molecule has 1 atom stereocenters. The predicted molar refractivity (Wildman–Crippen MR) is 74.3 cm³/mol. The number of hydrogen-bond acceptors (Lipinski definition) is 3. The van der Waals surface area contributed by atoms with Gasteiger partial charge in [0.25, 0.3) is 0 Å². The molecule has 1 saturated carbocycles. The normalized spacial score (nSPS) is 27.0. The van der Waals surface area contributed by atoms with Gasteiger partial charge in [0.1, 0.15) is 5.82 Å². The van der Waals surface area contributed by atoms with Crippen molar-refractivity contribution >= 4 is 11.8 Å². The van der Waals surface area contributed by atoms with Crippen LogP contribution >= 0.6 is 11.8 Å². The van der Waals surface area contributed by atoms with Gasteiger partial charge in [-0.1, -0.05) is 0 Å². The average molecular weight is 253 g/mol. The van der Waals surface area contributed by atoms with E-state index in [4.69, 9.17) is 0 Å². The molecule has 17 heavy (non-hydrogen) atoms. The molecule has 0 saturated heterocycles. The Hall–Kier alpha value is -0.480. The SMILES string of the molecule is CSC1CCC(NC(C)c2nccn2C)CC1. The predicted octanol–water partition coefficient (Wildman–Crippen LogP) is 2.74. The van der Waals surface area contributed by atoms with Crippen LogP contribution in [0.1, 0.15) is 44.5 Å². The molecule has 1 aliphatic carbocycles.